The first-order valence-electron chi connectivity index (χ1n) is 7.21. The summed E-state index contributed by atoms with van der Waals surface area (Å²) in [5.41, 5.74) is 0. The topological polar surface area (TPSA) is 59.0 Å². The molecule has 1 aliphatic rings. The second-order valence-electron chi connectivity index (χ2n) is 5.39. The van der Waals surface area contributed by atoms with Crippen molar-refractivity contribution >= 4 is 5.97 Å². The van der Waals surface area contributed by atoms with Crippen LogP contribution in [0.3, 0.4) is 0 Å². The molecule has 0 aromatic heterocycles. The summed E-state index contributed by atoms with van der Waals surface area (Å²) >= 11 is 0. The SMILES string of the molecule is CCOC(=O)[C@@H]1CCCN(C[C@H](O)COC(C)C)C1. The molecule has 1 aliphatic heterocycles. The Bertz CT molecular complexity index is 270. The van der Waals surface area contributed by atoms with Gasteiger partial charge in [0, 0.05) is 13.1 Å². The number of hydrogen-bond acceptors (Lipinski definition) is 5. The molecule has 0 spiro atoms. The Morgan fingerprint density at radius 2 is 2.21 bits per heavy atom. The van der Waals surface area contributed by atoms with Gasteiger partial charge >= 0.3 is 5.97 Å². The van der Waals surface area contributed by atoms with Crippen LogP contribution in [-0.4, -0.2) is 61.0 Å². The first kappa shape index (κ1) is 16.4. The van der Waals surface area contributed by atoms with Crippen molar-refractivity contribution in [3.63, 3.8) is 0 Å². The number of hydrogen-bond donors (Lipinski definition) is 1. The van der Waals surface area contributed by atoms with Crippen LogP contribution in [0.4, 0.5) is 0 Å². The molecule has 1 fully saturated rings. The smallest absolute Gasteiger partial charge is 0.310 e. The van der Waals surface area contributed by atoms with Gasteiger partial charge in [0.1, 0.15) is 0 Å². The summed E-state index contributed by atoms with van der Waals surface area (Å²) in [7, 11) is 0. The highest BCUT2D eigenvalue weighted by Gasteiger charge is 2.27. The van der Waals surface area contributed by atoms with Crippen LogP contribution in [0, 0.1) is 5.92 Å². The number of esters is 1. The van der Waals surface area contributed by atoms with Crippen LogP contribution >= 0.6 is 0 Å². The van der Waals surface area contributed by atoms with Crippen LogP contribution in [0.1, 0.15) is 33.6 Å². The summed E-state index contributed by atoms with van der Waals surface area (Å²) in [6, 6.07) is 0. The second kappa shape index (κ2) is 8.51. The third-order valence-corrected chi connectivity index (χ3v) is 3.22. The van der Waals surface area contributed by atoms with Crippen LogP contribution in [0.25, 0.3) is 0 Å². The van der Waals surface area contributed by atoms with Gasteiger partial charge in [-0.15, -0.1) is 0 Å². The minimum atomic E-state index is -0.497. The average molecular weight is 273 g/mol. The Morgan fingerprint density at radius 1 is 1.47 bits per heavy atom. The predicted octanol–water partition coefficient (Wildman–Crippen LogP) is 1.05. The van der Waals surface area contributed by atoms with Gasteiger partial charge in [-0.05, 0) is 40.2 Å². The molecule has 2 atom stereocenters. The number of nitrogens with zero attached hydrogens (tertiary/aromatic N) is 1. The molecule has 0 aromatic carbocycles. The zero-order valence-corrected chi connectivity index (χ0v) is 12.3. The molecule has 1 rings (SSSR count). The van der Waals surface area contributed by atoms with Crippen LogP contribution in [-0.2, 0) is 14.3 Å². The van der Waals surface area contributed by atoms with Crippen molar-refractivity contribution in [2.24, 2.45) is 5.92 Å². The first-order chi connectivity index (χ1) is 9.02. The minimum Gasteiger partial charge on any atom is -0.466 e. The lowest BCUT2D eigenvalue weighted by molar-refractivity contribution is -0.150. The number of piperidine rings is 1. The van der Waals surface area contributed by atoms with E-state index in [2.05, 4.69) is 4.90 Å². The van der Waals surface area contributed by atoms with Gasteiger partial charge in [0.15, 0.2) is 0 Å². The lowest BCUT2D eigenvalue weighted by Crippen LogP contribution is -2.44. The van der Waals surface area contributed by atoms with E-state index >= 15 is 0 Å². The molecule has 0 aromatic rings. The Kier molecular flexibility index (Phi) is 7.34. The van der Waals surface area contributed by atoms with E-state index in [0.29, 0.717) is 26.3 Å². The van der Waals surface area contributed by atoms with E-state index in [9.17, 15) is 9.90 Å². The minimum absolute atomic E-state index is 0.0492. The Labute approximate surface area is 115 Å². The number of ether oxygens (including phenoxy) is 2. The molecule has 1 N–H and O–H groups in total. The standard InChI is InChI=1S/C14H27NO4/c1-4-18-14(17)12-6-5-7-15(8-12)9-13(16)10-19-11(2)3/h11-13,16H,4-10H2,1-3H3/t12-,13+/m1/s1. The second-order valence-corrected chi connectivity index (χ2v) is 5.39. The summed E-state index contributed by atoms with van der Waals surface area (Å²) in [5, 5.41) is 9.90. The molecule has 5 nitrogen and oxygen atoms in total. The summed E-state index contributed by atoms with van der Waals surface area (Å²) in [5.74, 6) is -0.160. The summed E-state index contributed by atoms with van der Waals surface area (Å²) in [4.78, 5) is 13.8. The van der Waals surface area contributed by atoms with Gasteiger partial charge in [-0.3, -0.25) is 9.69 Å². The monoisotopic (exact) mass is 273 g/mol. The molecule has 0 bridgehead atoms. The molecular formula is C14H27NO4. The Balaban J connectivity index is 2.32. The highest BCUT2D eigenvalue weighted by Crippen LogP contribution is 2.18. The van der Waals surface area contributed by atoms with E-state index in [4.69, 9.17) is 9.47 Å². The normalized spacial score (nSPS) is 22.5. The van der Waals surface area contributed by atoms with Gasteiger partial charge in [0.2, 0.25) is 0 Å². The maximum Gasteiger partial charge on any atom is 0.310 e. The molecule has 0 saturated carbocycles. The third kappa shape index (κ3) is 6.36. The van der Waals surface area contributed by atoms with Crippen LogP contribution in [0.2, 0.25) is 0 Å². The molecule has 0 unspecified atom stereocenters. The molecule has 0 aliphatic carbocycles. The fraction of sp³-hybridized carbons (Fsp3) is 0.929. The van der Waals surface area contributed by atoms with Crippen LogP contribution in [0.15, 0.2) is 0 Å². The maximum atomic E-state index is 11.7. The van der Waals surface area contributed by atoms with Gasteiger partial charge < -0.3 is 14.6 Å². The number of aliphatic hydroxyl groups is 1. The van der Waals surface area contributed by atoms with Gasteiger partial charge in [-0.1, -0.05) is 0 Å². The zero-order valence-electron chi connectivity index (χ0n) is 12.3. The average Bonchev–Trinajstić information content (AvgIpc) is 2.37. The fourth-order valence-electron chi connectivity index (χ4n) is 2.33. The molecular weight excluding hydrogens is 246 g/mol. The van der Waals surface area contributed by atoms with Crippen LogP contribution in [0.5, 0.6) is 0 Å². The fourth-order valence-corrected chi connectivity index (χ4v) is 2.33. The summed E-state index contributed by atoms with van der Waals surface area (Å²) in [6.45, 7) is 8.66. The lowest BCUT2D eigenvalue weighted by Gasteiger charge is -2.32. The van der Waals surface area contributed by atoms with Crippen molar-refractivity contribution in [3.05, 3.63) is 0 Å². The zero-order chi connectivity index (χ0) is 14.3. The van der Waals surface area contributed by atoms with Crippen LogP contribution < -0.4 is 0 Å². The van der Waals surface area contributed by atoms with Crippen molar-refractivity contribution in [3.8, 4) is 0 Å². The molecule has 5 heteroatoms. The summed E-state index contributed by atoms with van der Waals surface area (Å²) in [6.07, 6.45) is 1.49. The molecule has 19 heavy (non-hydrogen) atoms. The largest absolute Gasteiger partial charge is 0.466 e. The van der Waals surface area contributed by atoms with Crippen molar-refractivity contribution in [2.45, 2.75) is 45.8 Å². The van der Waals surface area contributed by atoms with Crippen molar-refractivity contribution in [1.29, 1.82) is 0 Å². The van der Waals surface area contributed by atoms with Gasteiger partial charge in [-0.25, -0.2) is 0 Å². The molecule has 1 heterocycles. The van der Waals surface area contributed by atoms with Gasteiger partial charge in [0.05, 0.1) is 31.3 Å². The maximum absolute atomic E-state index is 11.7. The highest BCUT2D eigenvalue weighted by atomic mass is 16.5. The number of carbonyl (C=O) groups is 1. The summed E-state index contributed by atoms with van der Waals surface area (Å²) < 4.78 is 10.5. The van der Waals surface area contributed by atoms with E-state index in [1.807, 2.05) is 20.8 Å². The van der Waals surface area contributed by atoms with Gasteiger partial charge in [-0.2, -0.15) is 0 Å². The lowest BCUT2D eigenvalue weighted by atomic mass is 9.98. The Morgan fingerprint density at radius 3 is 2.84 bits per heavy atom. The van der Waals surface area contributed by atoms with Gasteiger partial charge in [0.25, 0.3) is 0 Å². The molecule has 0 amide bonds. The van der Waals surface area contributed by atoms with E-state index in [0.717, 1.165) is 19.4 Å². The van der Waals surface area contributed by atoms with E-state index in [1.165, 1.54) is 0 Å². The third-order valence-electron chi connectivity index (χ3n) is 3.22. The number of likely N-dealkylation sites (tertiary alicyclic amines) is 1. The van der Waals surface area contributed by atoms with E-state index in [-0.39, 0.29) is 18.0 Å². The number of aliphatic hydroxyl groups excluding tert-OH is 1. The number of β-amino-alcohol motifs (C(OH)–C–C–N with tert-alkyl or cyclic N) is 1. The molecule has 0 radical (unpaired) electrons. The quantitative estimate of drug-likeness (QED) is 0.703. The highest BCUT2D eigenvalue weighted by molar-refractivity contribution is 5.72. The van der Waals surface area contributed by atoms with Crippen molar-refractivity contribution in [2.75, 3.05) is 32.8 Å². The number of carbonyl (C=O) groups excluding carboxylic acids is 1. The molecule has 112 valence electrons. The molecule has 1 saturated heterocycles. The van der Waals surface area contributed by atoms with E-state index < -0.39 is 6.10 Å². The Hall–Kier alpha value is -0.650. The first-order valence-corrected chi connectivity index (χ1v) is 7.21. The number of rotatable bonds is 7. The van der Waals surface area contributed by atoms with Crippen molar-refractivity contribution < 1.29 is 19.4 Å². The van der Waals surface area contributed by atoms with Crippen molar-refractivity contribution in [1.82, 2.24) is 4.90 Å². The van der Waals surface area contributed by atoms with E-state index in [1.54, 1.807) is 0 Å². The predicted molar refractivity (Wildman–Crippen MR) is 72.9 cm³/mol.